The minimum Gasteiger partial charge on any atom is -0.336 e. The van der Waals surface area contributed by atoms with Crippen molar-refractivity contribution in [1.29, 1.82) is 0 Å². The highest BCUT2D eigenvalue weighted by atomic mass is 16.5. The number of pyridine rings is 1. The topological polar surface area (TPSA) is 93.8 Å². The highest BCUT2D eigenvalue weighted by Crippen LogP contribution is 2.23. The van der Waals surface area contributed by atoms with Gasteiger partial charge in [-0.2, -0.15) is 0 Å². The van der Waals surface area contributed by atoms with Gasteiger partial charge in [-0.3, -0.25) is 4.79 Å². The summed E-state index contributed by atoms with van der Waals surface area (Å²) in [6.45, 7) is 9.68. The van der Waals surface area contributed by atoms with Crippen LogP contribution in [0.5, 0.6) is 0 Å². The number of aryl methyl sites for hydroxylation is 2. The molecule has 0 saturated heterocycles. The van der Waals surface area contributed by atoms with E-state index in [0.717, 1.165) is 5.82 Å². The lowest BCUT2D eigenvalue weighted by Crippen LogP contribution is -2.17. The zero-order valence-electron chi connectivity index (χ0n) is 14.3. The number of amides is 1. The van der Waals surface area contributed by atoms with Gasteiger partial charge in [0.05, 0.1) is 34.7 Å². The van der Waals surface area contributed by atoms with Crippen molar-refractivity contribution in [2.75, 3.05) is 5.32 Å². The molecule has 3 aromatic heterocycles. The number of fused-ring (bicyclic) bond motifs is 1. The molecule has 3 heterocycles. The molecule has 0 atom stereocenters. The number of carbonyl (C=O) groups is 1. The predicted molar refractivity (Wildman–Crippen MR) is 90.0 cm³/mol. The summed E-state index contributed by atoms with van der Waals surface area (Å²) in [4.78, 5) is 25.5. The van der Waals surface area contributed by atoms with Crippen LogP contribution >= 0.6 is 0 Å². The second-order valence-corrected chi connectivity index (χ2v) is 6.76. The fraction of sp³-hybridized carbons (Fsp3) is 0.353. The molecular weight excluding hydrogens is 306 g/mol. The number of aromatic nitrogens is 4. The number of nitrogens with one attached hydrogen (secondary N) is 1. The third-order valence-electron chi connectivity index (χ3n) is 3.57. The molecule has 0 radical (unpaired) electrons. The Hall–Kier alpha value is -2.83. The maximum absolute atomic E-state index is 12.6. The Labute approximate surface area is 139 Å². The van der Waals surface area contributed by atoms with Crippen LogP contribution in [0, 0.1) is 13.8 Å². The van der Waals surface area contributed by atoms with Gasteiger partial charge in [0.15, 0.2) is 0 Å². The fourth-order valence-electron chi connectivity index (χ4n) is 2.38. The molecule has 0 saturated carbocycles. The molecule has 3 aromatic rings. The normalized spacial score (nSPS) is 11.7. The van der Waals surface area contributed by atoms with Crippen LogP contribution in [-0.2, 0) is 5.41 Å². The van der Waals surface area contributed by atoms with Crippen molar-refractivity contribution in [2.45, 2.75) is 40.0 Å². The smallest absolute Gasteiger partial charge is 0.258 e. The third kappa shape index (κ3) is 2.97. The maximum Gasteiger partial charge on any atom is 0.258 e. The van der Waals surface area contributed by atoms with E-state index in [1.54, 1.807) is 32.3 Å². The van der Waals surface area contributed by atoms with Gasteiger partial charge in [0.1, 0.15) is 5.82 Å². The zero-order chi connectivity index (χ0) is 17.5. The summed E-state index contributed by atoms with van der Waals surface area (Å²) in [5.41, 5.74) is 2.53. The van der Waals surface area contributed by atoms with Gasteiger partial charge >= 0.3 is 0 Å². The van der Waals surface area contributed by atoms with E-state index in [-0.39, 0.29) is 11.3 Å². The summed E-state index contributed by atoms with van der Waals surface area (Å²) < 4.78 is 5.16. The lowest BCUT2D eigenvalue weighted by atomic mass is 9.96. The van der Waals surface area contributed by atoms with Crippen LogP contribution in [0.15, 0.2) is 23.0 Å². The second kappa shape index (κ2) is 5.67. The number of hydrogen-bond donors (Lipinski definition) is 1. The zero-order valence-corrected chi connectivity index (χ0v) is 14.3. The first-order chi connectivity index (χ1) is 11.3. The monoisotopic (exact) mass is 325 g/mol. The highest BCUT2D eigenvalue weighted by molar-refractivity contribution is 6.12. The van der Waals surface area contributed by atoms with E-state index >= 15 is 0 Å². The molecule has 24 heavy (non-hydrogen) atoms. The average Bonchev–Trinajstić information content (AvgIpc) is 2.87. The first-order valence-corrected chi connectivity index (χ1v) is 7.63. The van der Waals surface area contributed by atoms with E-state index in [4.69, 9.17) is 4.52 Å². The molecule has 0 fully saturated rings. The van der Waals surface area contributed by atoms with Crippen LogP contribution in [0.2, 0.25) is 0 Å². The van der Waals surface area contributed by atoms with Gasteiger partial charge in [0.2, 0.25) is 0 Å². The molecule has 0 bridgehead atoms. The summed E-state index contributed by atoms with van der Waals surface area (Å²) in [7, 11) is 0. The Morgan fingerprint density at radius 2 is 1.83 bits per heavy atom. The van der Waals surface area contributed by atoms with Gasteiger partial charge in [-0.05, 0) is 19.9 Å². The number of anilines is 1. The van der Waals surface area contributed by atoms with Crippen molar-refractivity contribution in [3.63, 3.8) is 0 Å². The summed E-state index contributed by atoms with van der Waals surface area (Å²) >= 11 is 0. The maximum atomic E-state index is 12.6. The summed E-state index contributed by atoms with van der Waals surface area (Å²) in [5.74, 6) is 0.446. The molecule has 0 spiro atoms. The average molecular weight is 325 g/mol. The van der Waals surface area contributed by atoms with Gasteiger partial charge in [-0.15, -0.1) is 0 Å². The first-order valence-electron chi connectivity index (χ1n) is 7.63. The SMILES string of the molecule is Cc1cc(C(=O)Nc2cnc(C(C)(C)C)nc2)c2c(C)noc2n1. The molecule has 0 unspecified atom stereocenters. The van der Waals surface area contributed by atoms with Gasteiger partial charge in [-0.25, -0.2) is 15.0 Å². The molecular formula is C17H19N5O2. The molecule has 7 nitrogen and oxygen atoms in total. The van der Waals surface area contributed by atoms with Crippen LogP contribution in [0.3, 0.4) is 0 Å². The standard InChI is InChI=1S/C17H19N5O2/c1-9-6-12(13-10(2)22-24-15(13)20-9)14(23)21-11-7-18-16(19-8-11)17(3,4)5/h6-8H,1-5H3,(H,21,23). The molecule has 1 N–H and O–H groups in total. The predicted octanol–water partition coefficient (Wildman–Crippen LogP) is 3.18. The Kier molecular flexibility index (Phi) is 3.79. The van der Waals surface area contributed by atoms with E-state index in [2.05, 4.69) is 25.4 Å². The van der Waals surface area contributed by atoms with Crippen LogP contribution in [-0.4, -0.2) is 26.0 Å². The number of rotatable bonds is 2. The van der Waals surface area contributed by atoms with Crippen molar-refractivity contribution in [3.05, 3.63) is 41.2 Å². The summed E-state index contributed by atoms with van der Waals surface area (Å²) in [5, 5.41) is 7.31. The molecule has 0 aliphatic heterocycles. The quantitative estimate of drug-likeness (QED) is 0.777. The van der Waals surface area contributed by atoms with Gasteiger partial charge in [0, 0.05) is 11.1 Å². The van der Waals surface area contributed by atoms with E-state index in [1.165, 1.54) is 0 Å². The fourth-order valence-corrected chi connectivity index (χ4v) is 2.38. The lowest BCUT2D eigenvalue weighted by Gasteiger charge is -2.16. The van der Waals surface area contributed by atoms with Gasteiger partial charge < -0.3 is 9.84 Å². The third-order valence-corrected chi connectivity index (χ3v) is 3.57. The first kappa shape index (κ1) is 16.0. The number of carbonyl (C=O) groups excluding carboxylic acids is 1. The van der Waals surface area contributed by atoms with Crippen molar-refractivity contribution in [1.82, 2.24) is 20.1 Å². The Balaban J connectivity index is 1.92. The van der Waals surface area contributed by atoms with Crippen LogP contribution < -0.4 is 5.32 Å². The number of nitrogens with zero attached hydrogens (tertiary/aromatic N) is 4. The molecule has 3 rings (SSSR count). The van der Waals surface area contributed by atoms with Crippen molar-refractivity contribution >= 4 is 22.7 Å². The Morgan fingerprint density at radius 1 is 1.17 bits per heavy atom. The molecule has 7 heteroatoms. The van der Waals surface area contributed by atoms with Crippen molar-refractivity contribution in [3.8, 4) is 0 Å². The molecule has 124 valence electrons. The Bertz CT molecular complexity index is 907. The number of hydrogen-bond acceptors (Lipinski definition) is 6. The van der Waals surface area contributed by atoms with Crippen LogP contribution in [0.4, 0.5) is 5.69 Å². The highest BCUT2D eigenvalue weighted by Gasteiger charge is 2.19. The minimum atomic E-state index is -0.274. The van der Waals surface area contributed by atoms with Crippen LogP contribution in [0.1, 0.15) is 48.3 Å². The molecule has 0 aliphatic carbocycles. The van der Waals surface area contributed by atoms with E-state index in [1.807, 2.05) is 20.8 Å². The molecule has 0 aromatic carbocycles. The lowest BCUT2D eigenvalue weighted by molar-refractivity contribution is 0.102. The van der Waals surface area contributed by atoms with E-state index in [9.17, 15) is 4.79 Å². The minimum absolute atomic E-state index is 0.142. The van der Waals surface area contributed by atoms with Gasteiger partial charge in [0.25, 0.3) is 11.6 Å². The Morgan fingerprint density at radius 3 is 2.46 bits per heavy atom. The largest absolute Gasteiger partial charge is 0.336 e. The van der Waals surface area contributed by atoms with E-state index in [0.29, 0.717) is 33.7 Å². The summed E-state index contributed by atoms with van der Waals surface area (Å²) in [6.07, 6.45) is 3.22. The summed E-state index contributed by atoms with van der Waals surface area (Å²) in [6, 6.07) is 1.71. The molecule has 1 amide bonds. The van der Waals surface area contributed by atoms with Crippen LogP contribution in [0.25, 0.3) is 11.1 Å². The van der Waals surface area contributed by atoms with Gasteiger partial charge in [-0.1, -0.05) is 25.9 Å². The molecule has 0 aliphatic rings. The van der Waals surface area contributed by atoms with Crippen molar-refractivity contribution in [2.24, 2.45) is 0 Å². The second-order valence-electron chi connectivity index (χ2n) is 6.76. The van der Waals surface area contributed by atoms with Crippen molar-refractivity contribution < 1.29 is 9.32 Å². The van der Waals surface area contributed by atoms with E-state index < -0.39 is 0 Å².